The quantitative estimate of drug-likeness (QED) is 0.656. The van der Waals surface area contributed by atoms with E-state index in [1.54, 1.807) is 6.07 Å². The lowest BCUT2D eigenvalue weighted by Crippen LogP contribution is -2.18. The molecular weight excluding hydrogens is 260 g/mol. The minimum Gasteiger partial charge on any atom is -0.377 e. The van der Waals surface area contributed by atoms with Crippen LogP contribution in [0, 0.1) is 16.0 Å². The number of benzene rings is 1. The van der Waals surface area contributed by atoms with Crippen LogP contribution in [0.15, 0.2) is 23.3 Å². The number of nitro benzene ring substituents is 1. The number of H-pyrrole nitrogens is 1. The Bertz CT molecular complexity index is 736. The largest absolute Gasteiger partial charge is 0.377 e. The van der Waals surface area contributed by atoms with Gasteiger partial charge >= 0.3 is 0 Å². The van der Waals surface area contributed by atoms with E-state index in [0.29, 0.717) is 17.1 Å². The van der Waals surface area contributed by atoms with Crippen LogP contribution in [0.3, 0.4) is 0 Å². The van der Waals surface area contributed by atoms with E-state index in [-0.39, 0.29) is 22.7 Å². The lowest BCUT2D eigenvalue weighted by Gasteiger charge is -2.14. The molecule has 1 aromatic carbocycles. The van der Waals surface area contributed by atoms with Gasteiger partial charge in [-0.15, -0.1) is 0 Å². The second kappa shape index (κ2) is 4.59. The van der Waals surface area contributed by atoms with E-state index in [2.05, 4.69) is 15.3 Å². The van der Waals surface area contributed by atoms with Crippen molar-refractivity contribution in [3.8, 4) is 0 Å². The molecule has 1 aliphatic carbocycles. The molecule has 1 atom stereocenters. The Morgan fingerprint density at radius 3 is 2.90 bits per heavy atom. The van der Waals surface area contributed by atoms with E-state index < -0.39 is 4.92 Å². The number of aromatic nitrogens is 2. The topological polar surface area (TPSA) is 101 Å². The normalized spacial score (nSPS) is 16.1. The van der Waals surface area contributed by atoms with Crippen molar-refractivity contribution in [1.82, 2.24) is 9.97 Å². The Morgan fingerprint density at radius 1 is 1.50 bits per heavy atom. The minimum atomic E-state index is -0.478. The second-order valence-corrected chi connectivity index (χ2v) is 5.15. The number of nitrogens with zero attached hydrogens (tertiary/aromatic N) is 2. The molecule has 1 saturated carbocycles. The third-order valence-electron chi connectivity index (χ3n) is 3.67. The zero-order chi connectivity index (χ0) is 14.3. The molecule has 7 heteroatoms. The molecule has 1 aliphatic rings. The SMILES string of the molecule is CC(Nc1cc2nc[nH]c(=O)c2cc1[N+](=O)[O-])C1CC1. The van der Waals surface area contributed by atoms with Crippen LogP contribution in [-0.4, -0.2) is 20.9 Å². The van der Waals surface area contributed by atoms with E-state index >= 15 is 0 Å². The van der Waals surface area contributed by atoms with Crippen molar-refractivity contribution in [1.29, 1.82) is 0 Å². The Kier molecular flexibility index (Phi) is 2.89. The van der Waals surface area contributed by atoms with E-state index in [9.17, 15) is 14.9 Å². The molecule has 0 saturated heterocycles. The fraction of sp³-hybridized carbons (Fsp3) is 0.385. The molecule has 2 N–H and O–H groups in total. The maximum atomic E-state index is 11.7. The zero-order valence-electron chi connectivity index (χ0n) is 10.9. The number of rotatable bonds is 4. The van der Waals surface area contributed by atoms with Gasteiger partial charge < -0.3 is 10.3 Å². The molecular formula is C13H14N4O3. The first kappa shape index (κ1) is 12.6. The molecule has 0 amide bonds. The number of anilines is 1. The van der Waals surface area contributed by atoms with Gasteiger partial charge in [-0.1, -0.05) is 0 Å². The van der Waals surface area contributed by atoms with E-state index in [4.69, 9.17) is 0 Å². The van der Waals surface area contributed by atoms with E-state index in [0.717, 1.165) is 12.8 Å². The summed E-state index contributed by atoms with van der Waals surface area (Å²) in [4.78, 5) is 28.8. The van der Waals surface area contributed by atoms with Gasteiger partial charge in [0, 0.05) is 12.1 Å². The molecule has 0 aliphatic heterocycles. The van der Waals surface area contributed by atoms with Gasteiger partial charge in [-0.05, 0) is 31.7 Å². The summed E-state index contributed by atoms with van der Waals surface area (Å²) in [6, 6.07) is 3.03. The van der Waals surface area contributed by atoms with Crippen molar-refractivity contribution < 1.29 is 4.92 Å². The van der Waals surface area contributed by atoms with Gasteiger partial charge in [-0.2, -0.15) is 0 Å². The van der Waals surface area contributed by atoms with Crippen LogP contribution in [0.25, 0.3) is 10.9 Å². The number of nitro groups is 1. The van der Waals surface area contributed by atoms with Crippen molar-refractivity contribution in [2.75, 3.05) is 5.32 Å². The summed E-state index contributed by atoms with van der Waals surface area (Å²) in [6.45, 7) is 2.01. The first-order chi connectivity index (χ1) is 9.56. The molecule has 104 valence electrons. The highest BCUT2D eigenvalue weighted by Crippen LogP contribution is 2.36. The molecule has 20 heavy (non-hydrogen) atoms. The van der Waals surface area contributed by atoms with Crippen LogP contribution in [0.4, 0.5) is 11.4 Å². The third kappa shape index (κ3) is 2.22. The standard InChI is InChI=1S/C13H14N4O3/c1-7(8-2-3-8)16-11-5-10-9(4-12(11)17(19)20)13(18)15-6-14-10/h4-8,16H,2-3H2,1H3,(H,14,15,18). The highest BCUT2D eigenvalue weighted by molar-refractivity contribution is 5.86. The van der Waals surface area contributed by atoms with Gasteiger partial charge in [-0.25, -0.2) is 4.98 Å². The molecule has 1 fully saturated rings. The van der Waals surface area contributed by atoms with Crippen LogP contribution < -0.4 is 10.9 Å². The van der Waals surface area contributed by atoms with E-state index in [1.807, 2.05) is 6.92 Å². The van der Waals surface area contributed by atoms with Crippen molar-refractivity contribution in [3.05, 3.63) is 38.9 Å². The van der Waals surface area contributed by atoms with Crippen LogP contribution in [0.2, 0.25) is 0 Å². The average Bonchev–Trinajstić information content (AvgIpc) is 3.22. The summed E-state index contributed by atoms with van der Waals surface area (Å²) in [5.41, 5.74) is 0.397. The monoisotopic (exact) mass is 274 g/mol. The Morgan fingerprint density at radius 2 is 2.25 bits per heavy atom. The number of hydrogen-bond acceptors (Lipinski definition) is 5. The van der Waals surface area contributed by atoms with E-state index in [1.165, 1.54) is 12.4 Å². The zero-order valence-corrected chi connectivity index (χ0v) is 10.9. The van der Waals surface area contributed by atoms with Gasteiger partial charge in [0.25, 0.3) is 11.2 Å². The molecule has 3 rings (SSSR count). The molecule has 1 unspecified atom stereocenters. The number of hydrogen-bond donors (Lipinski definition) is 2. The summed E-state index contributed by atoms with van der Waals surface area (Å²) in [6.07, 6.45) is 3.59. The van der Waals surface area contributed by atoms with Gasteiger partial charge in [-0.3, -0.25) is 14.9 Å². The lowest BCUT2D eigenvalue weighted by atomic mass is 10.1. The first-order valence-corrected chi connectivity index (χ1v) is 6.48. The Labute approximate surface area is 114 Å². The fourth-order valence-corrected chi connectivity index (χ4v) is 2.33. The van der Waals surface area contributed by atoms with Gasteiger partial charge in [0.15, 0.2) is 0 Å². The smallest absolute Gasteiger partial charge is 0.293 e. The molecule has 1 aromatic heterocycles. The molecule has 7 nitrogen and oxygen atoms in total. The molecule has 0 spiro atoms. The van der Waals surface area contributed by atoms with Gasteiger partial charge in [0.1, 0.15) is 5.69 Å². The molecule has 0 radical (unpaired) electrons. The summed E-state index contributed by atoms with van der Waals surface area (Å²) in [5.74, 6) is 0.567. The fourth-order valence-electron chi connectivity index (χ4n) is 2.33. The predicted molar refractivity (Wildman–Crippen MR) is 74.8 cm³/mol. The van der Waals surface area contributed by atoms with Crippen molar-refractivity contribution in [2.24, 2.45) is 5.92 Å². The van der Waals surface area contributed by atoms with Crippen LogP contribution in [-0.2, 0) is 0 Å². The highest BCUT2D eigenvalue weighted by atomic mass is 16.6. The summed E-state index contributed by atoms with van der Waals surface area (Å²) < 4.78 is 0. The summed E-state index contributed by atoms with van der Waals surface area (Å²) >= 11 is 0. The van der Waals surface area contributed by atoms with Crippen LogP contribution in [0.5, 0.6) is 0 Å². The summed E-state index contributed by atoms with van der Waals surface area (Å²) in [7, 11) is 0. The molecule has 2 aromatic rings. The third-order valence-corrected chi connectivity index (χ3v) is 3.67. The Hall–Kier alpha value is -2.44. The Balaban J connectivity index is 2.10. The van der Waals surface area contributed by atoms with Crippen molar-refractivity contribution in [2.45, 2.75) is 25.8 Å². The van der Waals surface area contributed by atoms with Gasteiger partial charge in [0.05, 0.1) is 22.2 Å². The molecule has 0 bridgehead atoms. The highest BCUT2D eigenvalue weighted by Gasteiger charge is 2.29. The molecule has 1 heterocycles. The maximum Gasteiger partial charge on any atom is 0.293 e. The van der Waals surface area contributed by atoms with Crippen molar-refractivity contribution >= 4 is 22.3 Å². The first-order valence-electron chi connectivity index (χ1n) is 6.48. The number of nitrogens with one attached hydrogen (secondary N) is 2. The average molecular weight is 274 g/mol. The summed E-state index contributed by atoms with van der Waals surface area (Å²) in [5, 5.41) is 14.6. The number of aromatic amines is 1. The minimum absolute atomic E-state index is 0.0940. The second-order valence-electron chi connectivity index (χ2n) is 5.15. The maximum absolute atomic E-state index is 11.7. The lowest BCUT2D eigenvalue weighted by molar-refractivity contribution is -0.383. The predicted octanol–water partition coefficient (Wildman–Crippen LogP) is 2.04. The van der Waals surface area contributed by atoms with Crippen molar-refractivity contribution in [3.63, 3.8) is 0 Å². The van der Waals surface area contributed by atoms with Crippen LogP contribution in [0.1, 0.15) is 19.8 Å². The van der Waals surface area contributed by atoms with Gasteiger partial charge in [0.2, 0.25) is 0 Å². The van der Waals surface area contributed by atoms with Crippen LogP contribution >= 0.6 is 0 Å². The number of fused-ring (bicyclic) bond motifs is 1.